The van der Waals surface area contributed by atoms with Crippen LogP contribution in [0.1, 0.15) is 0 Å². The van der Waals surface area contributed by atoms with Crippen LogP contribution in [0.25, 0.3) is 0 Å². The van der Waals surface area contributed by atoms with Crippen LogP contribution in [0.5, 0.6) is 17.2 Å². The van der Waals surface area contributed by atoms with Gasteiger partial charge < -0.3 is 24.8 Å². The molecule has 114 valence electrons. The number of methoxy groups -OCH3 is 1. The van der Waals surface area contributed by atoms with Crippen LogP contribution in [0, 0.1) is 0 Å². The Morgan fingerprint density at radius 2 is 1.82 bits per heavy atom. The van der Waals surface area contributed by atoms with E-state index in [1.165, 1.54) is 0 Å². The number of carbonyl (C=O) groups is 1. The van der Waals surface area contributed by atoms with Crippen molar-refractivity contribution in [3.05, 3.63) is 42.5 Å². The Morgan fingerprint density at radius 3 is 2.59 bits per heavy atom. The van der Waals surface area contributed by atoms with Crippen LogP contribution in [-0.2, 0) is 4.79 Å². The van der Waals surface area contributed by atoms with E-state index in [4.69, 9.17) is 14.2 Å². The van der Waals surface area contributed by atoms with Crippen molar-refractivity contribution in [1.29, 1.82) is 0 Å². The van der Waals surface area contributed by atoms with Crippen LogP contribution in [0.4, 0.5) is 11.4 Å². The summed E-state index contributed by atoms with van der Waals surface area (Å²) >= 11 is 0. The number of benzene rings is 2. The van der Waals surface area contributed by atoms with Crippen molar-refractivity contribution in [1.82, 2.24) is 0 Å². The van der Waals surface area contributed by atoms with Gasteiger partial charge in [0.15, 0.2) is 11.5 Å². The molecule has 2 aromatic carbocycles. The molecular weight excluding hydrogens is 284 g/mol. The molecule has 1 aliphatic heterocycles. The van der Waals surface area contributed by atoms with Gasteiger partial charge in [0, 0.05) is 17.4 Å². The molecule has 0 saturated heterocycles. The van der Waals surface area contributed by atoms with E-state index in [9.17, 15) is 4.79 Å². The van der Waals surface area contributed by atoms with E-state index in [-0.39, 0.29) is 19.2 Å². The molecule has 1 heterocycles. The molecule has 0 unspecified atom stereocenters. The Morgan fingerprint density at radius 1 is 1.09 bits per heavy atom. The SMILES string of the molecule is COc1ccc(NC(=O)CNc2ccc3c(c2)OCO3)cc1. The zero-order chi connectivity index (χ0) is 15.4. The fourth-order valence-electron chi connectivity index (χ4n) is 2.07. The topological polar surface area (TPSA) is 68.8 Å². The molecule has 0 radical (unpaired) electrons. The fourth-order valence-corrected chi connectivity index (χ4v) is 2.07. The zero-order valence-corrected chi connectivity index (χ0v) is 12.1. The molecule has 22 heavy (non-hydrogen) atoms. The molecule has 6 nitrogen and oxygen atoms in total. The van der Waals surface area contributed by atoms with Gasteiger partial charge in [-0.2, -0.15) is 0 Å². The number of hydrogen-bond donors (Lipinski definition) is 2. The van der Waals surface area contributed by atoms with Crippen LogP contribution < -0.4 is 24.8 Å². The summed E-state index contributed by atoms with van der Waals surface area (Å²) in [7, 11) is 1.60. The largest absolute Gasteiger partial charge is 0.497 e. The Balaban J connectivity index is 1.53. The lowest BCUT2D eigenvalue weighted by Crippen LogP contribution is -2.21. The highest BCUT2D eigenvalue weighted by molar-refractivity contribution is 5.93. The molecule has 0 spiro atoms. The second-order valence-electron chi connectivity index (χ2n) is 4.70. The lowest BCUT2D eigenvalue weighted by molar-refractivity contribution is -0.114. The van der Waals surface area contributed by atoms with Crippen LogP contribution >= 0.6 is 0 Å². The molecule has 0 fully saturated rings. The normalized spacial score (nSPS) is 11.9. The number of anilines is 2. The van der Waals surface area contributed by atoms with Crippen molar-refractivity contribution in [3.63, 3.8) is 0 Å². The number of rotatable bonds is 5. The Labute approximate surface area is 128 Å². The lowest BCUT2D eigenvalue weighted by atomic mass is 10.2. The van der Waals surface area contributed by atoms with Gasteiger partial charge in [-0.15, -0.1) is 0 Å². The molecule has 2 aromatic rings. The summed E-state index contributed by atoms with van der Waals surface area (Å²) in [5.74, 6) is 2.01. The highest BCUT2D eigenvalue weighted by atomic mass is 16.7. The quantitative estimate of drug-likeness (QED) is 0.888. The molecule has 1 aliphatic rings. The van der Waals surface area contributed by atoms with Gasteiger partial charge in [-0.1, -0.05) is 0 Å². The second-order valence-corrected chi connectivity index (χ2v) is 4.70. The molecule has 0 aromatic heterocycles. The van der Waals surface area contributed by atoms with Crippen molar-refractivity contribution in [2.75, 3.05) is 31.1 Å². The average molecular weight is 300 g/mol. The van der Waals surface area contributed by atoms with Gasteiger partial charge in [0.1, 0.15) is 5.75 Å². The molecule has 0 aliphatic carbocycles. The third-order valence-electron chi connectivity index (χ3n) is 3.20. The monoisotopic (exact) mass is 300 g/mol. The summed E-state index contributed by atoms with van der Waals surface area (Å²) in [6.45, 7) is 0.391. The third-order valence-corrected chi connectivity index (χ3v) is 3.20. The van der Waals surface area contributed by atoms with E-state index in [0.29, 0.717) is 11.5 Å². The highest BCUT2D eigenvalue weighted by Crippen LogP contribution is 2.34. The Hall–Kier alpha value is -2.89. The average Bonchev–Trinajstić information content (AvgIpc) is 3.01. The van der Waals surface area contributed by atoms with Gasteiger partial charge >= 0.3 is 0 Å². The first-order chi connectivity index (χ1) is 10.7. The maximum atomic E-state index is 11.9. The first-order valence-corrected chi connectivity index (χ1v) is 6.82. The molecule has 0 atom stereocenters. The highest BCUT2D eigenvalue weighted by Gasteiger charge is 2.13. The van der Waals surface area contributed by atoms with Crippen molar-refractivity contribution in [3.8, 4) is 17.2 Å². The van der Waals surface area contributed by atoms with Gasteiger partial charge in [0.2, 0.25) is 12.7 Å². The smallest absolute Gasteiger partial charge is 0.243 e. The summed E-state index contributed by atoms with van der Waals surface area (Å²) in [4.78, 5) is 11.9. The van der Waals surface area contributed by atoms with Gasteiger partial charge in [-0.05, 0) is 36.4 Å². The Bertz CT molecular complexity index is 670. The van der Waals surface area contributed by atoms with Crippen LogP contribution in [0.3, 0.4) is 0 Å². The van der Waals surface area contributed by atoms with Crippen molar-refractivity contribution in [2.45, 2.75) is 0 Å². The zero-order valence-electron chi connectivity index (χ0n) is 12.1. The number of fused-ring (bicyclic) bond motifs is 1. The summed E-state index contributed by atoms with van der Waals surface area (Å²) in [6.07, 6.45) is 0. The molecule has 0 saturated carbocycles. The summed E-state index contributed by atoms with van der Waals surface area (Å²) in [5, 5.41) is 5.85. The van der Waals surface area contributed by atoms with E-state index in [0.717, 1.165) is 17.1 Å². The summed E-state index contributed by atoms with van der Waals surface area (Å²) in [6, 6.07) is 12.6. The number of nitrogens with one attached hydrogen (secondary N) is 2. The van der Waals surface area contributed by atoms with E-state index in [2.05, 4.69) is 10.6 Å². The maximum absolute atomic E-state index is 11.9. The molecule has 6 heteroatoms. The minimum absolute atomic E-state index is 0.136. The minimum Gasteiger partial charge on any atom is -0.497 e. The molecule has 2 N–H and O–H groups in total. The van der Waals surface area contributed by atoms with Crippen molar-refractivity contribution >= 4 is 17.3 Å². The number of amides is 1. The fraction of sp³-hybridized carbons (Fsp3) is 0.188. The maximum Gasteiger partial charge on any atom is 0.243 e. The van der Waals surface area contributed by atoms with Gasteiger partial charge in [0.05, 0.1) is 13.7 Å². The van der Waals surface area contributed by atoms with E-state index in [1.54, 1.807) is 31.4 Å². The Kier molecular flexibility index (Phi) is 4.00. The molecule has 3 rings (SSSR count). The first-order valence-electron chi connectivity index (χ1n) is 6.82. The minimum atomic E-state index is -0.136. The predicted molar refractivity (Wildman–Crippen MR) is 82.7 cm³/mol. The van der Waals surface area contributed by atoms with E-state index < -0.39 is 0 Å². The number of ether oxygens (including phenoxy) is 3. The summed E-state index contributed by atoms with van der Waals surface area (Å²) in [5.41, 5.74) is 1.52. The summed E-state index contributed by atoms with van der Waals surface area (Å²) < 4.78 is 15.6. The van der Waals surface area contributed by atoms with Crippen molar-refractivity contribution < 1.29 is 19.0 Å². The number of carbonyl (C=O) groups excluding carboxylic acids is 1. The molecular formula is C16H16N2O4. The predicted octanol–water partition coefficient (Wildman–Crippen LogP) is 2.47. The van der Waals surface area contributed by atoms with Crippen LogP contribution in [0.15, 0.2) is 42.5 Å². The van der Waals surface area contributed by atoms with Gasteiger partial charge in [0.25, 0.3) is 0 Å². The molecule has 1 amide bonds. The van der Waals surface area contributed by atoms with Crippen LogP contribution in [0.2, 0.25) is 0 Å². The van der Waals surface area contributed by atoms with E-state index in [1.807, 2.05) is 18.2 Å². The second kappa shape index (κ2) is 6.26. The van der Waals surface area contributed by atoms with E-state index >= 15 is 0 Å². The van der Waals surface area contributed by atoms with Gasteiger partial charge in [-0.3, -0.25) is 4.79 Å². The third kappa shape index (κ3) is 3.22. The molecule has 0 bridgehead atoms. The standard InChI is InChI=1S/C16H16N2O4/c1-20-13-5-2-11(3-6-13)18-16(19)9-17-12-4-7-14-15(8-12)22-10-21-14/h2-8,17H,9-10H2,1H3,(H,18,19). The van der Waals surface area contributed by atoms with Gasteiger partial charge in [-0.25, -0.2) is 0 Å². The van der Waals surface area contributed by atoms with Crippen LogP contribution in [-0.4, -0.2) is 26.4 Å². The van der Waals surface area contributed by atoms with Crippen molar-refractivity contribution in [2.24, 2.45) is 0 Å². The number of hydrogen-bond acceptors (Lipinski definition) is 5. The first kappa shape index (κ1) is 14.1. The lowest BCUT2D eigenvalue weighted by Gasteiger charge is -2.09.